The van der Waals surface area contributed by atoms with Gasteiger partial charge in [-0.05, 0) is 31.2 Å². The van der Waals surface area contributed by atoms with Crippen molar-refractivity contribution in [3.8, 4) is 17.0 Å². The van der Waals surface area contributed by atoms with Gasteiger partial charge in [-0.2, -0.15) is 0 Å². The van der Waals surface area contributed by atoms with E-state index >= 15 is 0 Å². The molecular weight excluding hydrogens is 351 g/mol. The monoisotopic (exact) mass is 362 g/mol. The van der Waals surface area contributed by atoms with Gasteiger partial charge in [0.15, 0.2) is 0 Å². The van der Waals surface area contributed by atoms with Crippen molar-refractivity contribution in [2.45, 2.75) is 6.92 Å². The summed E-state index contributed by atoms with van der Waals surface area (Å²) in [5.41, 5.74) is 1.14. The summed E-state index contributed by atoms with van der Waals surface area (Å²) in [7, 11) is 0. The SMILES string of the molecule is Cc1onc(-c2c(Cl)cccc2Cl)c1C(=O)Nc1ccccc1O. The van der Waals surface area contributed by atoms with Crippen LogP contribution in [0.5, 0.6) is 5.75 Å². The Balaban J connectivity index is 2.05. The summed E-state index contributed by atoms with van der Waals surface area (Å²) < 4.78 is 5.16. The van der Waals surface area contributed by atoms with Crippen molar-refractivity contribution < 1.29 is 14.4 Å². The molecule has 0 aliphatic carbocycles. The van der Waals surface area contributed by atoms with Gasteiger partial charge in [0.2, 0.25) is 0 Å². The van der Waals surface area contributed by atoms with E-state index in [1.807, 2.05) is 0 Å². The molecule has 5 nitrogen and oxygen atoms in total. The highest BCUT2D eigenvalue weighted by Crippen LogP contribution is 2.37. The van der Waals surface area contributed by atoms with Crippen LogP contribution in [0, 0.1) is 6.92 Å². The third-order valence-electron chi connectivity index (χ3n) is 3.44. The third-order valence-corrected chi connectivity index (χ3v) is 4.07. The molecule has 3 rings (SSSR count). The van der Waals surface area contributed by atoms with Crippen LogP contribution in [-0.4, -0.2) is 16.2 Å². The Bertz CT molecular complexity index is 902. The lowest BCUT2D eigenvalue weighted by atomic mass is 10.1. The van der Waals surface area contributed by atoms with Gasteiger partial charge in [-0.15, -0.1) is 0 Å². The fraction of sp³-hybridized carbons (Fsp3) is 0.0588. The Hall–Kier alpha value is -2.50. The van der Waals surface area contributed by atoms with Gasteiger partial charge in [-0.3, -0.25) is 4.79 Å². The van der Waals surface area contributed by atoms with Crippen LogP contribution < -0.4 is 5.32 Å². The first-order chi connectivity index (χ1) is 11.5. The number of phenolic OH excluding ortho intramolecular Hbond substituents is 1. The van der Waals surface area contributed by atoms with Crippen molar-refractivity contribution in [1.29, 1.82) is 0 Å². The van der Waals surface area contributed by atoms with Crippen molar-refractivity contribution >= 4 is 34.8 Å². The molecule has 24 heavy (non-hydrogen) atoms. The van der Waals surface area contributed by atoms with Gasteiger partial charge >= 0.3 is 0 Å². The summed E-state index contributed by atoms with van der Waals surface area (Å²) in [6, 6.07) is 11.4. The third kappa shape index (κ3) is 2.96. The fourth-order valence-corrected chi connectivity index (χ4v) is 2.87. The number of para-hydroxylation sites is 2. The molecule has 2 aromatic carbocycles. The van der Waals surface area contributed by atoms with E-state index in [-0.39, 0.29) is 22.7 Å². The maximum atomic E-state index is 12.7. The van der Waals surface area contributed by atoms with Gasteiger partial charge in [0.1, 0.15) is 22.8 Å². The first kappa shape index (κ1) is 16.4. The molecule has 1 aromatic heterocycles. The molecule has 1 amide bonds. The summed E-state index contributed by atoms with van der Waals surface area (Å²) in [5.74, 6) is -0.215. The summed E-state index contributed by atoms with van der Waals surface area (Å²) in [5, 5.41) is 17.1. The quantitative estimate of drug-likeness (QED) is 0.648. The minimum absolute atomic E-state index is 0.0442. The second kappa shape index (κ2) is 6.55. The van der Waals surface area contributed by atoms with Crippen LogP contribution in [0.25, 0.3) is 11.3 Å². The zero-order valence-electron chi connectivity index (χ0n) is 12.5. The van der Waals surface area contributed by atoms with Gasteiger partial charge < -0.3 is 14.9 Å². The van der Waals surface area contributed by atoms with E-state index in [4.69, 9.17) is 27.7 Å². The highest BCUT2D eigenvalue weighted by Gasteiger charge is 2.25. The fourth-order valence-electron chi connectivity index (χ4n) is 2.30. The molecule has 7 heteroatoms. The number of halogens is 2. The van der Waals surface area contributed by atoms with Crippen LogP contribution in [0.3, 0.4) is 0 Å². The Morgan fingerprint density at radius 3 is 2.46 bits per heavy atom. The van der Waals surface area contributed by atoms with Crippen LogP contribution in [0.4, 0.5) is 5.69 Å². The average Bonchev–Trinajstić information content (AvgIpc) is 2.91. The Morgan fingerprint density at radius 1 is 1.12 bits per heavy atom. The highest BCUT2D eigenvalue weighted by atomic mass is 35.5. The number of aryl methyl sites for hydroxylation is 1. The number of anilines is 1. The van der Waals surface area contributed by atoms with Gasteiger partial charge in [-0.25, -0.2) is 0 Å². The normalized spacial score (nSPS) is 10.6. The maximum absolute atomic E-state index is 12.7. The number of hydrogen-bond acceptors (Lipinski definition) is 4. The first-order valence-electron chi connectivity index (χ1n) is 6.99. The predicted octanol–water partition coefficient (Wildman–Crippen LogP) is 4.91. The lowest BCUT2D eigenvalue weighted by Gasteiger charge is -2.09. The maximum Gasteiger partial charge on any atom is 0.261 e. The van der Waals surface area contributed by atoms with E-state index in [0.717, 1.165) is 0 Å². The Labute approximate surface area is 147 Å². The molecule has 0 radical (unpaired) electrons. The summed E-state index contributed by atoms with van der Waals surface area (Å²) in [6.07, 6.45) is 0. The number of rotatable bonds is 3. The molecule has 0 spiro atoms. The van der Waals surface area contributed by atoms with E-state index in [1.54, 1.807) is 43.3 Å². The number of aromatic hydroxyl groups is 1. The number of benzene rings is 2. The molecule has 1 heterocycles. The zero-order chi connectivity index (χ0) is 17.3. The molecule has 0 unspecified atom stereocenters. The molecule has 0 bridgehead atoms. The number of nitrogens with zero attached hydrogens (tertiary/aromatic N) is 1. The minimum Gasteiger partial charge on any atom is -0.506 e. The van der Waals surface area contributed by atoms with Crippen LogP contribution in [0.2, 0.25) is 10.0 Å². The van der Waals surface area contributed by atoms with Crippen molar-refractivity contribution in [1.82, 2.24) is 5.16 Å². The summed E-state index contributed by atoms with van der Waals surface area (Å²) >= 11 is 12.4. The van der Waals surface area contributed by atoms with E-state index in [0.29, 0.717) is 21.4 Å². The molecule has 0 fully saturated rings. The topological polar surface area (TPSA) is 75.4 Å². The second-order valence-corrected chi connectivity index (χ2v) is 5.84. The number of nitrogens with one attached hydrogen (secondary N) is 1. The largest absolute Gasteiger partial charge is 0.506 e. The van der Waals surface area contributed by atoms with Crippen LogP contribution in [0.15, 0.2) is 47.0 Å². The lowest BCUT2D eigenvalue weighted by molar-refractivity contribution is 0.102. The average molecular weight is 363 g/mol. The molecule has 0 saturated carbocycles. The number of hydrogen-bond donors (Lipinski definition) is 2. The van der Waals surface area contributed by atoms with Crippen molar-refractivity contribution in [3.05, 3.63) is 63.8 Å². The van der Waals surface area contributed by atoms with Crippen molar-refractivity contribution in [3.63, 3.8) is 0 Å². The molecular formula is C17H12Cl2N2O3. The zero-order valence-corrected chi connectivity index (χ0v) is 14.0. The minimum atomic E-state index is -0.485. The Kier molecular flexibility index (Phi) is 4.46. The molecule has 0 saturated heterocycles. The van der Waals surface area contributed by atoms with E-state index < -0.39 is 5.91 Å². The van der Waals surface area contributed by atoms with Gasteiger partial charge in [0, 0.05) is 5.56 Å². The second-order valence-electron chi connectivity index (χ2n) is 5.03. The number of amides is 1. The molecule has 0 aliphatic rings. The van der Waals surface area contributed by atoms with E-state index in [1.165, 1.54) is 6.07 Å². The molecule has 3 aromatic rings. The van der Waals surface area contributed by atoms with Crippen LogP contribution in [0.1, 0.15) is 16.1 Å². The predicted molar refractivity (Wildman–Crippen MR) is 92.8 cm³/mol. The highest BCUT2D eigenvalue weighted by molar-refractivity contribution is 6.39. The molecule has 122 valence electrons. The van der Waals surface area contributed by atoms with E-state index in [9.17, 15) is 9.90 Å². The number of carbonyl (C=O) groups is 1. The number of aromatic nitrogens is 1. The lowest BCUT2D eigenvalue weighted by Crippen LogP contribution is -2.13. The van der Waals surface area contributed by atoms with Crippen molar-refractivity contribution in [2.75, 3.05) is 5.32 Å². The smallest absolute Gasteiger partial charge is 0.261 e. The summed E-state index contributed by atoms with van der Waals surface area (Å²) in [6.45, 7) is 1.61. The van der Waals surface area contributed by atoms with Gasteiger partial charge in [-0.1, -0.05) is 46.6 Å². The Morgan fingerprint density at radius 2 is 1.79 bits per heavy atom. The molecule has 2 N–H and O–H groups in total. The number of carbonyl (C=O) groups excluding carboxylic acids is 1. The van der Waals surface area contributed by atoms with Crippen LogP contribution >= 0.6 is 23.2 Å². The number of phenols is 1. The molecule has 0 aliphatic heterocycles. The summed E-state index contributed by atoms with van der Waals surface area (Å²) in [4.78, 5) is 12.7. The first-order valence-corrected chi connectivity index (χ1v) is 7.74. The van der Waals surface area contributed by atoms with Gasteiger partial charge in [0.25, 0.3) is 5.91 Å². The molecule has 0 atom stereocenters. The van der Waals surface area contributed by atoms with Gasteiger partial charge in [0.05, 0.1) is 15.7 Å². The standard InChI is InChI=1S/C17H12Cl2N2O3/c1-9-14(17(23)20-12-7-2-3-8-13(12)22)16(21-24-9)15-10(18)5-4-6-11(15)19/h2-8,22H,1H3,(H,20,23). The van der Waals surface area contributed by atoms with Crippen LogP contribution in [-0.2, 0) is 0 Å². The van der Waals surface area contributed by atoms with Crippen molar-refractivity contribution in [2.24, 2.45) is 0 Å². The van der Waals surface area contributed by atoms with E-state index in [2.05, 4.69) is 10.5 Å².